The van der Waals surface area contributed by atoms with Gasteiger partial charge in [-0.15, -0.1) is 0 Å². The predicted molar refractivity (Wildman–Crippen MR) is 93.0 cm³/mol. The van der Waals surface area contributed by atoms with Gasteiger partial charge in [0.05, 0.1) is 6.04 Å². The lowest BCUT2D eigenvalue weighted by Gasteiger charge is -2.24. The van der Waals surface area contributed by atoms with Crippen molar-refractivity contribution in [3.8, 4) is 0 Å². The van der Waals surface area contributed by atoms with E-state index in [1.807, 2.05) is 6.07 Å². The number of aryl methyl sites for hydroxylation is 1. The third kappa shape index (κ3) is 5.16. The summed E-state index contributed by atoms with van der Waals surface area (Å²) in [5.41, 5.74) is 4.12. The van der Waals surface area contributed by atoms with Gasteiger partial charge in [0.1, 0.15) is 0 Å². The van der Waals surface area contributed by atoms with Crippen LogP contribution < -0.4 is 5.32 Å². The van der Waals surface area contributed by atoms with E-state index < -0.39 is 0 Å². The summed E-state index contributed by atoms with van der Waals surface area (Å²) in [5.74, 6) is 0. The van der Waals surface area contributed by atoms with Crippen LogP contribution in [0.1, 0.15) is 69.0 Å². The monoisotopic (exact) mass is 305 g/mol. The molecule has 1 aromatic rings. The van der Waals surface area contributed by atoms with E-state index in [0.29, 0.717) is 6.04 Å². The lowest BCUT2D eigenvalue weighted by Crippen LogP contribution is -2.24. The summed E-state index contributed by atoms with van der Waals surface area (Å²) < 4.78 is 0. The Morgan fingerprint density at radius 1 is 1.14 bits per heavy atom. The lowest BCUT2D eigenvalue weighted by atomic mass is 9.90. The van der Waals surface area contributed by atoms with Gasteiger partial charge in [0, 0.05) is 5.02 Å². The first-order chi connectivity index (χ1) is 10.2. The normalized spacial score (nSPS) is 20.2. The lowest BCUT2D eigenvalue weighted by molar-refractivity contribution is 0.540. The van der Waals surface area contributed by atoms with Crippen LogP contribution in [0.2, 0.25) is 5.02 Å². The maximum Gasteiger partial charge on any atom is 0.0536 e. The molecule has 1 unspecified atom stereocenters. The fourth-order valence-electron chi connectivity index (χ4n) is 3.16. The van der Waals surface area contributed by atoms with Gasteiger partial charge in [-0.3, -0.25) is 0 Å². The average molecular weight is 306 g/mol. The zero-order chi connectivity index (χ0) is 15.1. The first kappa shape index (κ1) is 16.6. The summed E-state index contributed by atoms with van der Waals surface area (Å²) >= 11 is 6.28. The SMILES string of the molecule is CCCNC(/C1=C/CCCCCC1)c1cc(C)cc(Cl)c1. The minimum absolute atomic E-state index is 0.334. The van der Waals surface area contributed by atoms with Gasteiger partial charge in [-0.2, -0.15) is 0 Å². The molecule has 2 rings (SSSR count). The van der Waals surface area contributed by atoms with Gasteiger partial charge in [-0.25, -0.2) is 0 Å². The van der Waals surface area contributed by atoms with Crippen molar-refractivity contribution >= 4 is 11.6 Å². The molecule has 0 aliphatic heterocycles. The largest absolute Gasteiger partial charge is 0.307 e. The summed E-state index contributed by atoms with van der Waals surface area (Å²) in [7, 11) is 0. The molecule has 1 aromatic carbocycles. The Morgan fingerprint density at radius 3 is 2.71 bits per heavy atom. The predicted octanol–water partition coefficient (Wildman–Crippen LogP) is 5.97. The molecule has 0 fully saturated rings. The van der Waals surface area contributed by atoms with E-state index in [1.54, 1.807) is 5.57 Å². The molecule has 21 heavy (non-hydrogen) atoms. The van der Waals surface area contributed by atoms with E-state index >= 15 is 0 Å². The van der Waals surface area contributed by atoms with Gasteiger partial charge in [-0.05, 0) is 68.8 Å². The van der Waals surface area contributed by atoms with E-state index in [-0.39, 0.29) is 0 Å². The fraction of sp³-hybridized carbons (Fsp3) is 0.579. The van der Waals surface area contributed by atoms with Gasteiger partial charge in [-0.1, -0.05) is 49.1 Å². The Bertz CT molecular complexity index is 458. The Balaban J connectivity index is 2.27. The number of hydrogen-bond donors (Lipinski definition) is 1. The van der Waals surface area contributed by atoms with Gasteiger partial charge < -0.3 is 5.32 Å². The molecular formula is C19H28ClN. The molecule has 0 bridgehead atoms. The second-order valence-corrected chi connectivity index (χ2v) is 6.62. The molecule has 1 nitrogen and oxygen atoms in total. The molecule has 1 N–H and O–H groups in total. The zero-order valence-corrected chi connectivity index (χ0v) is 14.2. The molecule has 1 aliphatic carbocycles. The highest BCUT2D eigenvalue weighted by molar-refractivity contribution is 6.30. The first-order valence-electron chi connectivity index (χ1n) is 8.40. The second kappa shape index (κ2) is 8.60. The Kier molecular flexibility index (Phi) is 6.79. The van der Waals surface area contributed by atoms with Crippen molar-refractivity contribution in [1.82, 2.24) is 5.32 Å². The van der Waals surface area contributed by atoms with Crippen LogP contribution in [0, 0.1) is 6.92 Å². The summed E-state index contributed by atoms with van der Waals surface area (Å²) in [5, 5.41) is 4.58. The molecular weight excluding hydrogens is 278 g/mol. The minimum atomic E-state index is 0.334. The Hall–Kier alpha value is -0.790. The number of nitrogens with one attached hydrogen (secondary N) is 1. The average Bonchev–Trinajstić information content (AvgIpc) is 2.39. The molecule has 0 heterocycles. The minimum Gasteiger partial charge on any atom is -0.307 e. The van der Waals surface area contributed by atoms with Crippen LogP contribution in [0.5, 0.6) is 0 Å². The first-order valence-corrected chi connectivity index (χ1v) is 8.78. The van der Waals surface area contributed by atoms with Crippen LogP contribution in [0.4, 0.5) is 0 Å². The molecule has 0 saturated carbocycles. The Labute approximate surface area is 134 Å². The van der Waals surface area contributed by atoms with Crippen molar-refractivity contribution in [2.75, 3.05) is 6.54 Å². The van der Waals surface area contributed by atoms with Crippen LogP contribution in [-0.4, -0.2) is 6.54 Å². The molecule has 0 amide bonds. The molecule has 2 heteroatoms. The van der Waals surface area contributed by atoms with E-state index in [1.165, 1.54) is 49.7 Å². The van der Waals surface area contributed by atoms with E-state index in [2.05, 4.69) is 37.4 Å². The van der Waals surface area contributed by atoms with E-state index in [0.717, 1.165) is 18.0 Å². The number of halogens is 1. The second-order valence-electron chi connectivity index (χ2n) is 6.18. The smallest absolute Gasteiger partial charge is 0.0536 e. The van der Waals surface area contributed by atoms with E-state index in [4.69, 9.17) is 11.6 Å². The fourth-order valence-corrected chi connectivity index (χ4v) is 3.46. The third-order valence-corrected chi connectivity index (χ3v) is 4.41. The standard InChI is InChI=1S/C19H28ClN/c1-3-11-21-19(16-9-7-5-4-6-8-10-16)17-12-15(2)13-18(20)14-17/h9,12-14,19,21H,3-8,10-11H2,1-2H3/b16-9+. The Morgan fingerprint density at radius 2 is 1.95 bits per heavy atom. The van der Waals surface area contributed by atoms with Crippen molar-refractivity contribution < 1.29 is 0 Å². The molecule has 0 saturated heterocycles. The van der Waals surface area contributed by atoms with Crippen LogP contribution >= 0.6 is 11.6 Å². The molecule has 0 radical (unpaired) electrons. The topological polar surface area (TPSA) is 12.0 Å². The van der Waals surface area contributed by atoms with Crippen molar-refractivity contribution in [2.24, 2.45) is 0 Å². The quantitative estimate of drug-likeness (QED) is 0.661. The summed E-state index contributed by atoms with van der Waals surface area (Å²) in [6.07, 6.45) is 11.5. The number of allylic oxidation sites excluding steroid dienone is 1. The zero-order valence-electron chi connectivity index (χ0n) is 13.4. The van der Waals surface area contributed by atoms with Gasteiger partial charge in [0.15, 0.2) is 0 Å². The van der Waals surface area contributed by atoms with Crippen molar-refractivity contribution in [1.29, 1.82) is 0 Å². The summed E-state index contributed by atoms with van der Waals surface area (Å²) in [6, 6.07) is 6.77. The molecule has 1 atom stereocenters. The van der Waals surface area contributed by atoms with Crippen LogP contribution in [0.25, 0.3) is 0 Å². The molecule has 1 aliphatic rings. The van der Waals surface area contributed by atoms with Crippen LogP contribution in [-0.2, 0) is 0 Å². The van der Waals surface area contributed by atoms with Gasteiger partial charge in [0.25, 0.3) is 0 Å². The molecule has 0 aromatic heterocycles. The summed E-state index contributed by atoms with van der Waals surface area (Å²) in [6.45, 7) is 5.39. The van der Waals surface area contributed by atoms with Crippen molar-refractivity contribution in [3.05, 3.63) is 46.0 Å². The number of rotatable bonds is 5. The van der Waals surface area contributed by atoms with Crippen molar-refractivity contribution in [2.45, 2.75) is 64.8 Å². The van der Waals surface area contributed by atoms with Gasteiger partial charge in [0.2, 0.25) is 0 Å². The number of hydrogen-bond acceptors (Lipinski definition) is 1. The van der Waals surface area contributed by atoms with Gasteiger partial charge >= 0.3 is 0 Å². The van der Waals surface area contributed by atoms with Crippen LogP contribution in [0.3, 0.4) is 0 Å². The van der Waals surface area contributed by atoms with Crippen LogP contribution in [0.15, 0.2) is 29.8 Å². The highest BCUT2D eigenvalue weighted by atomic mass is 35.5. The molecule has 116 valence electrons. The third-order valence-electron chi connectivity index (χ3n) is 4.19. The molecule has 0 spiro atoms. The van der Waals surface area contributed by atoms with Crippen molar-refractivity contribution in [3.63, 3.8) is 0 Å². The highest BCUT2D eigenvalue weighted by Crippen LogP contribution is 2.30. The maximum absolute atomic E-state index is 6.28. The highest BCUT2D eigenvalue weighted by Gasteiger charge is 2.17. The summed E-state index contributed by atoms with van der Waals surface area (Å²) in [4.78, 5) is 0. The maximum atomic E-state index is 6.28. The number of benzene rings is 1. The van der Waals surface area contributed by atoms with E-state index in [9.17, 15) is 0 Å².